The van der Waals surface area contributed by atoms with Gasteiger partial charge in [-0.1, -0.05) is 12.1 Å². The van der Waals surface area contributed by atoms with E-state index in [1.165, 1.54) is 31.2 Å². The van der Waals surface area contributed by atoms with Gasteiger partial charge in [0.05, 0.1) is 11.5 Å². The zero-order valence-corrected chi connectivity index (χ0v) is 13.5. The third kappa shape index (κ3) is 5.34. The molecule has 0 saturated carbocycles. The van der Waals surface area contributed by atoms with Crippen molar-refractivity contribution in [3.63, 3.8) is 0 Å². The van der Waals surface area contributed by atoms with Crippen LogP contribution in [0.4, 0.5) is 5.69 Å². The number of benzene rings is 1. The Morgan fingerprint density at radius 2 is 1.96 bits per heavy atom. The Balaban J connectivity index is 3.31. The minimum atomic E-state index is -1.33. The Bertz CT molecular complexity index is 644. The summed E-state index contributed by atoms with van der Waals surface area (Å²) in [5.41, 5.74) is -0.0544. The van der Waals surface area contributed by atoms with Crippen LogP contribution in [0.2, 0.25) is 0 Å². The maximum Gasteiger partial charge on any atom is 0.332 e. The molecule has 2 atom stereocenters. The van der Waals surface area contributed by atoms with Crippen LogP contribution >= 0.6 is 0 Å². The van der Waals surface area contributed by atoms with Gasteiger partial charge in [0, 0.05) is 31.5 Å². The van der Waals surface area contributed by atoms with Crippen LogP contribution < -0.4 is 5.32 Å². The molecule has 0 radical (unpaired) electrons. The summed E-state index contributed by atoms with van der Waals surface area (Å²) in [6.45, 7) is 3.94. The van der Waals surface area contributed by atoms with E-state index in [2.05, 4.69) is 5.32 Å². The smallest absolute Gasteiger partial charge is 0.332 e. The number of esters is 2. The fraction of sp³-hybridized carbons (Fsp3) is 0.400. The molecule has 1 rings (SSSR count). The van der Waals surface area contributed by atoms with Crippen LogP contribution in [0.3, 0.4) is 0 Å². The molecule has 24 heavy (non-hydrogen) atoms. The van der Waals surface area contributed by atoms with E-state index in [9.17, 15) is 24.5 Å². The Kier molecular flexibility index (Phi) is 6.84. The number of nitrogens with zero attached hydrogens (tertiary/aromatic N) is 1. The van der Waals surface area contributed by atoms with Crippen LogP contribution in [0, 0.1) is 10.1 Å². The van der Waals surface area contributed by atoms with Gasteiger partial charge in [0.25, 0.3) is 5.69 Å². The minimum absolute atomic E-state index is 0.0522. The molecule has 0 heterocycles. The van der Waals surface area contributed by atoms with E-state index < -0.39 is 34.9 Å². The molecule has 0 bridgehead atoms. The van der Waals surface area contributed by atoms with Gasteiger partial charge in [0.2, 0.25) is 5.91 Å². The molecule has 0 unspecified atom stereocenters. The maximum atomic E-state index is 12.1. The number of nitrogens with one attached hydrogen (secondary N) is 1. The summed E-state index contributed by atoms with van der Waals surface area (Å²) in [5.74, 6) is -2.08. The third-order valence-corrected chi connectivity index (χ3v) is 2.90. The van der Waals surface area contributed by atoms with Crippen molar-refractivity contribution in [1.82, 2.24) is 5.32 Å². The van der Waals surface area contributed by atoms with Crippen molar-refractivity contribution in [1.29, 1.82) is 0 Å². The molecule has 0 fully saturated rings. The van der Waals surface area contributed by atoms with E-state index in [0.29, 0.717) is 0 Å². The lowest BCUT2D eigenvalue weighted by Gasteiger charge is -2.25. The molecule has 9 heteroatoms. The van der Waals surface area contributed by atoms with Gasteiger partial charge in [-0.05, 0) is 6.92 Å². The highest BCUT2D eigenvalue weighted by molar-refractivity contribution is 5.84. The van der Waals surface area contributed by atoms with Gasteiger partial charge in [-0.25, -0.2) is 4.79 Å². The predicted molar refractivity (Wildman–Crippen MR) is 81.8 cm³/mol. The first-order chi connectivity index (χ1) is 11.3. The number of carbonyl (C=O) groups is 3. The normalized spacial score (nSPS) is 12.6. The molecule has 1 N–H and O–H groups in total. The standard InChI is InChI=1S/C15H18N2O7/c1-4-23-15(20)13(16-9(2)18)14(24-10(3)19)11-6-5-7-12(8-11)17(21)22/h5-8,13-14H,4H2,1-3H3,(H,16,18)/t13-,14+/m1/s1. The largest absolute Gasteiger partial charge is 0.464 e. The van der Waals surface area contributed by atoms with E-state index in [-0.39, 0.29) is 17.9 Å². The minimum Gasteiger partial charge on any atom is -0.464 e. The summed E-state index contributed by atoms with van der Waals surface area (Å²) in [4.78, 5) is 45.2. The van der Waals surface area contributed by atoms with Crippen LogP contribution in [0.5, 0.6) is 0 Å². The number of rotatable bonds is 7. The Morgan fingerprint density at radius 1 is 1.29 bits per heavy atom. The van der Waals surface area contributed by atoms with Gasteiger partial charge in [0.15, 0.2) is 12.1 Å². The maximum absolute atomic E-state index is 12.1. The van der Waals surface area contributed by atoms with Gasteiger partial charge in [-0.15, -0.1) is 0 Å². The topological polar surface area (TPSA) is 125 Å². The van der Waals surface area contributed by atoms with Gasteiger partial charge in [-0.3, -0.25) is 19.7 Å². The molecule has 1 aromatic rings. The molecule has 1 aromatic carbocycles. The van der Waals surface area contributed by atoms with E-state index >= 15 is 0 Å². The summed E-state index contributed by atoms with van der Waals surface area (Å²) in [6, 6.07) is 3.94. The van der Waals surface area contributed by atoms with Gasteiger partial charge in [0.1, 0.15) is 0 Å². The summed E-state index contributed by atoms with van der Waals surface area (Å²) in [5, 5.41) is 13.3. The predicted octanol–water partition coefficient (Wildman–Crippen LogP) is 1.27. The van der Waals surface area contributed by atoms with E-state index in [4.69, 9.17) is 9.47 Å². The molecule has 0 aliphatic rings. The average Bonchev–Trinajstić information content (AvgIpc) is 2.50. The summed E-state index contributed by atoms with van der Waals surface area (Å²) >= 11 is 0. The first kappa shape index (κ1) is 19.1. The zero-order valence-electron chi connectivity index (χ0n) is 13.5. The second kappa shape index (κ2) is 8.61. The molecular weight excluding hydrogens is 320 g/mol. The lowest BCUT2D eigenvalue weighted by atomic mass is 10.0. The van der Waals surface area contributed by atoms with Gasteiger partial charge < -0.3 is 14.8 Å². The van der Waals surface area contributed by atoms with E-state index in [1.54, 1.807) is 6.92 Å². The van der Waals surface area contributed by atoms with Crippen molar-refractivity contribution >= 4 is 23.5 Å². The summed E-state index contributed by atoms with van der Waals surface area (Å²) in [7, 11) is 0. The fourth-order valence-corrected chi connectivity index (χ4v) is 2.03. The van der Waals surface area contributed by atoms with Crippen LogP contribution in [0.15, 0.2) is 24.3 Å². The SMILES string of the molecule is CCOC(=O)[C@H](NC(C)=O)[C@@H](OC(C)=O)c1cccc([N+](=O)[O-])c1. The lowest BCUT2D eigenvalue weighted by Crippen LogP contribution is -2.46. The van der Waals surface area contributed by atoms with Crippen LogP contribution in [-0.4, -0.2) is 35.4 Å². The molecule has 1 amide bonds. The van der Waals surface area contributed by atoms with Crippen molar-refractivity contribution in [3.05, 3.63) is 39.9 Å². The quantitative estimate of drug-likeness (QED) is 0.451. The number of hydrogen-bond acceptors (Lipinski definition) is 7. The number of amides is 1. The number of nitro groups is 1. The highest BCUT2D eigenvalue weighted by atomic mass is 16.6. The van der Waals surface area contributed by atoms with E-state index in [0.717, 1.165) is 6.92 Å². The molecule has 0 saturated heterocycles. The van der Waals surface area contributed by atoms with Crippen molar-refractivity contribution < 1.29 is 28.8 Å². The van der Waals surface area contributed by atoms with Crippen molar-refractivity contribution in [2.24, 2.45) is 0 Å². The molecular formula is C15H18N2O7. The number of hydrogen-bond donors (Lipinski definition) is 1. The second-order valence-corrected chi connectivity index (χ2v) is 4.81. The Labute approximate surface area is 138 Å². The van der Waals surface area contributed by atoms with Gasteiger partial charge in [-0.2, -0.15) is 0 Å². The Morgan fingerprint density at radius 3 is 2.46 bits per heavy atom. The van der Waals surface area contributed by atoms with Crippen molar-refractivity contribution in [2.45, 2.75) is 32.9 Å². The molecule has 130 valence electrons. The fourth-order valence-electron chi connectivity index (χ4n) is 2.03. The third-order valence-electron chi connectivity index (χ3n) is 2.90. The number of ether oxygens (including phenoxy) is 2. The lowest BCUT2D eigenvalue weighted by molar-refractivity contribution is -0.385. The molecule has 0 aromatic heterocycles. The molecule has 0 aliphatic carbocycles. The van der Waals surface area contributed by atoms with Crippen LogP contribution in [-0.2, 0) is 23.9 Å². The molecule has 9 nitrogen and oxygen atoms in total. The summed E-state index contributed by atoms with van der Waals surface area (Å²) in [6.07, 6.45) is -1.26. The first-order valence-corrected chi connectivity index (χ1v) is 7.11. The molecule has 0 spiro atoms. The first-order valence-electron chi connectivity index (χ1n) is 7.11. The average molecular weight is 338 g/mol. The zero-order chi connectivity index (χ0) is 18.3. The number of nitro benzene ring substituents is 1. The van der Waals surface area contributed by atoms with Crippen LogP contribution in [0.25, 0.3) is 0 Å². The van der Waals surface area contributed by atoms with Gasteiger partial charge >= 0.3 is 11.9 Å². The Hall–Kier alpha value is -2.97. The van der Waals surface area contributed by atoms with E-state index in [1.807, 2.05) is 0 Å². The highest BCUT2D eigenvalue weighted by Gasteiger charge is 2.35. The van der Waals surface area contributed by atoms with Crippen LogP contribution in [0.1, 0.15) is 32.4 Å². The second-order valence-electron chi connectivity index (χ2n) is 4.81. The molecule has 0 aliphatic heterocycles. The monoisotopic (exact) mass is 338 g/mol. The van der Waals surface area contributed by atoms with Crippen molar-refractivity contribution in [3.8, 4) is 0 Å². The number of carbonyl (C=O) groups excluding carboxylic acids is 3. The van der Waals surface area contributed by atoms with Crippen molar-refractivity contribution in [2.75, 3.05) is 6.61 Å². The summed E-state index contributed by atoms with van der Waals surface area (Å²) < 4.78 is 10.0. The highest BCUT2D eigenvalue weighted by Crippen LogP contribution is 2.26. The number of non-ortho nitro benzene ring substituents is 1.